The van der Waals surface area contributed by atoms with Gasteiger partial charge in [-0.2, -0.15) is 0 Å². The van der Waals surface area contributed by atoms with Crippen LogP contribution in [0.2, 0.25) is 0 Å². The summed E-state index contributed by atoms with van der Waals surface area (Å²) >= 11 is 5.07. The third kappa shape index (κ3) is 1.07. The summed E-state index contributed by atoms with van der Waals surface area (Å²) in [6, 6.07) is 3.71. The van der Waals surface area contributed by atoms with Gasteiger partial charge in [-0.15, -0.1) is 11.3 Å². The molecule has 0 amide bonds. The first-order chi connectivity index (χ1) is 5.68. The zero-order valence-corrected chi connectivity index (χ0v) is 8.58. The fourth-order valence-electron chi connectivity index (χ4n) is 1.18. The van der Waals surface area contributed by atoms with Crippen LogP contribution in [0.15, 0.2) is 22.0 Å². The summed E-state index contributed by atoms with van der Waals surface area (Å²) in [5.41, 5.74) is 12.9. The average molecular weight is 243 g/mol. The maximum absolute atomic E-state index is 5.80. The Balaban J connectivity index is 2.93. The largest absolute Gasteiger partial charge is 0.399 e. The fraction of sp³-hybridized carbons (Fsp3) is 0. The maximum Gasteiger partial charge on any atom is 0.0434 e. The van der Waals surface area contributed by atoms with Gasteiger partial charge in [0.25, 0.3) is 0 Å². The lowest BCUT2D eigenvalue weighted by Crippen LogP contribution is -1.89. The van der Waals surface area contributed by atoms with Gasteiger partial charge in [0.1, 0.15) is 0 Å². The Kier molecular flexibility index (Phi) is 1.73. The van der Waals surface area contributed by atoms with E-state index in [9.17, 15) is 0 Å². The van der Waals surface area contributed by atoms with Gasteiger partial charge in [-0.3, -0.25) is 0 Å². The average Bonchev–Trinajstić information content (AvgIpc) is 2.31. The van der Waals surface area contributed by atoms with Crippen molar-refractivity contribution in [3.63, 3.8) is 0 Å². The molecular weight excluding hydrogens is 236 g/mol. The van der Waals surface area contributed by atoms with Gasteiger partial charge in [-0.05, 0) is 28.1 Å². The summed E-state index contributed by atoms with van der Waals surface area (Å²) in [6.45, 7) is 0. The number of nitrogen functional groups attached to an aromatic ring is 2. The Morgan fingerprint density at radius 1 is 1.25 bits per heavy atom. The van der Waals surface area contributed by atoms with E-state index in [0.717, 1.165) is 20.2 Å². The molecule has 0 aliphatic rings. The van der Waals surface area contributed by atoms with Gasteiger partial charge >= 0.3 is 0 Å². The highest BCUT2D eigenvalue weighted by Crippen LogP contribution is 2.35. The molecule has 0 saturated carbocycles. The molecule has 0 aliphatic carbocycles. The molecule has 0 unspecified atom stereocenters. The molecule has 2 nitrogen and oxygen atoms in total. The molecule has 2 rings (SSSR count). The lowest BCUT2D eigenvalue weighted by molar-refractivity contribution is 1.75. The van der Waals surface area contributed by atoms with Crippen LogP contribution in [0, 0.1) is 0 Å². The van der Waals surface area contributed by atoms with Gasteiger partial charge in [-0.25, -0.2) is 0 Å². The first-order valence-electron chi connectivity index (χ1n) is 3.40. The molecule has 1 aromatic carbocycles. The highest BCUT2D eigenvalue weighted by molar-refractivity contribution is 9.10. The van der Waals surface area contributed by atoms with E-state index in [-0.39, 0.29) is 0 Å². The van der Waals surface area contributed by atoms with Gasteiger partial charge in [0.2, 0.25) is 0 Å². The minimum Gasteiger partial charge on any atom is -0.399 e. The van der Waals surface area contributed by atoms with Crippen LogP contribution < -0.4 is 11.5 Å². The number of benzene rings is 1. The zero-order chi connectivity index (χ0) is 8.72. The third-order valence-corrected chi connectivity index (χ3v) is 3.54. The molecule has 0 saturated heterocycles. The van der Waals surface area contributed by atoms with Crippen molar-refractivity contribution in [1.82, 2.24) is 0 Å². The summed E-state index contributed by atoms with van der Waals surface area (Å²) in [4.78, 5) is 0. The number of hydrogen-bond acceptors (Lipinski definition) is 3. The summed E-state index contributed by atoms with van der Waals surface area (Å²) < 4.78 is 2.17. The van der Waals surface area contributed by atoms with Crippen LogP contribution in [0.5, 0.6) is 0 Å². The number of rotatable bonds is 0. The molecule has 0 fully saturated rings. The number of fused-ring (bicyclic) bond motifs is 1. The van der Waals surface area contributed by atoms with Crippen LogP contribution in [0.3, 0.4) is 0 Å². The van der Waals surface area contributed by atoms with Gasteiger partial charge in [-0.1, -0.05) is 0 Å². The lowest BCUT2D eigenvalue weighted by atomic mass is 10.2. The standard InChI is InChI=1S/C8H7BrN2S/c9-5-3-12-7-2-4(10)1-6(11)8(5)7/h1-3H,10-11H2. The van der Waals surface area contributed by atoms with Crippen LogP contribution >= 0.6 is 27.3 Å². The molecule has 4 N–H and O–H groups in total. The Morgan fingerprint density at radius 2 is 2.00 bits per heavy atom. The number of halogens is 1. The van der Waals surface area contributed by atoms with Gasteiger partial charge in [0.15, 0.2) is 0 Å². The number of nitrogens with two attached hydrogens (primary N) is 2. The van der Waals surface area contributed by atoms with Crippen molar-refractivity contribution >= 4 is 48.7 Å². The Labute approximate surface area is 82.3 Å². The quantitative estimate of drug-likeness (QED) is 0.699. The van der Waals surface area contributed by atoms with Gasteiger partial charge < -0.3 is 11.5 Å². The molecule has 0 atom stereocenters. The Bertz CT molecular complexity index is 436. The second-order valence-electron chi connectivity index (χ2n) is 2.57. The van der Waals surface area contributed by atoms with Crippen LogP contribution in [0.1, 0.15) is 0 Å². The molecule has 1 aromatic heterocycles. The van der Waals surface area contributed by atoms with Crippen LogP contribution in [-0.4, -0.2) is 0 Å². The van der Waals surface area contributed by atoms with Crippen LogP contribution in [0.4, 0.5) is 11.4 Å². The number of hydrogen-bond donors (Lipinski definition) is 2. The fourth-order valence-corrected chi connectivity index (χ4v) is 2.93. The van der Waals surface area contributed by atoms with E-state index >= 15 is 0 Å². The summed E-state index contributed by atoms with van der Waals surface area (Å²) in [5.74, 6) is 0. The van der Waals surface area contributed by atoms with Crippen molar-refractivity contribution in [3.05, 3.63) is 22.0 Å². The summed E-state index contributed by atoms with van der Waals surface area (Å²) in [7, 11) is 0. The molecule has 0 aliphatic heterocycles. The SMILES string of the molecule is Nc1cc(N)c2c(Br)csc2c1. The lowest BCUT2D eigenvalue weighted by Gasteiger charge is -1.98. The van der Waals surface area contributed by atoms with E-state index in [2.05, 4.69) is 15.9 Å². The van der Waals surface area contributed by atoms with Crippen molar-refractivity contribution in [2.24, 2.45) is 0 Å². The molecule has 62 valence electrons. The number of thiophene rings is 1. The van der Waals surface area contributed by atoms with Crippen molar-refractivity contribution in [3.8, 4) is 0 Å². The van der Waals surface area contributed by atoms with Gasteiger partial charge in [0.05, 0.1) is 0 Å². The van der Waals surface area contributed by atoms with E-state index in [1.54, 1.807) is 17.4 Å². The summed E-state index contributed by atoms with van der Waals surface area (Å²) in [6.07, 6.45) is 0. The van der Waals surface area contributed by atoms with Crippen molar-refractivity contribution in [2.75, 3.05) is 11.5 Å². The van der Waals surface area contributed by atoms with E-state index in [1.165, 1.54) is 0 Å². The topological polar surface area (TPSA) is 52.0 Å². The minimum atomic E-state index is 0.717. The molecule has 4 heteroatoms. The minimum absolute atomic E-state index is 0.717. The first-order valence-corrected chi connectivity index (χ1v) is 5.07. The highest BCUT2D eigenvalue weighted by Gasteiger charge is 2.05. The highest BCUT2D eigenvalue weighted by atomic mass is 79.9. The molecule has 0 bridgehead atoms. The van der Waals surface area contributed by atoms with Crippen molar-refractivity contribution in [1.29, 1.82) is 0 Å². The second-order valence-corrected chi connectivity index (χ2v) is 4.33. The van der Waals surface area contributed by atoms with E-state index in [4.69, 9.17) is 11.5 Å². The predicted octanol–water partition coefficient (Wildman–Crippen LogP) is 2.83. The second kappa shape index (κ2) is 2.64. The normalized spacial score (nSPS) is 10.8. The first kappa shape index (κ1) is 7.89. The zero-order valence-electron chi connectivity index (χ0n) is 6.17. The van der Waals surface area contributed by atoms with Crippen molar-refractivity contribution < 1.29 is 0 Å². The smallest absolute Gasteiger partial charge is 0.0434 e. The maximum atomic E-state index is 5.80. The molecular formula is C8H7BrN2S. The predicted molar refractivity (Wildman–Crippen MR) is 58.3 cm³/mol. The van der Waals surface area contributed by atoms with Crippen molar-refractivity contribution in [2.45, 2.75) is 0 Å². The Hall–Kier alpha value is -0.740. The van der Waals surface area contributed by atoms with E-state index < -0.39 is 0 Å². The molecule has 12 heavy (non-hydrogen) atoms. The molecule has 1 heterocycles. The summed E-state index contributed by atoms with van der Waals surface area (Å²) in [5, 5.41) is 3.08. The third-order valence-electron chi connectivity index (χ3n) is 1.68. The van der Waals surface area contributed by atoms with E-state index in [0.29, 0.717) is 5.69 Å². The Morgan fingerprint density at radius 3 is 2.75 bits per heavy atom. The van der Waals surface area contributed by atoms with Gasteiger partial charge in [0, 0.05) is 31.3 Å². The van der Waals surface area contributed by atoms with Crippen LogP contribution in [-0.2, 0) is 0 Å². The molecule has 0 spiro atoms. The molecule has 0 radical (unpaired) electrons. The van der Waals surface area contributed by atoms with Crippen LogP contribution in [0.25, 0.3) is 10.1 Å². The number of anilines is 2. The monoisotopic (exact) mass is 242 g/mol. The molecule has 2 aromatic rings. The van der Waals surface area contributed by atoms with E-state index in [1.807, 2.05) is 11.4 Å².